The van der Waals surface area contributed by atoms with Gasteiger partial charge in [0.2, 0.25) is 0 Å². The van der Waals surface area contributed by atoms with Crippen LogP contribution in [0, 0.1) is 13.8 Å². The van der Waals surface area contributed by atoms with Crippen LogP contribution in [-0.4, -0.2) is 32.2 Å². The van der Waals surface area contributed by atoms with Gasteiger partial charge < -0.3 is 10.1 Å². The van der Waals surface area contributed by atoms with Gasteiger partial charge in [-0.05, 0) is 19.9 Å². The van der Waals surface area contributed by atoms with Gasteiger partial charge in [-0.15, -0.1) is 5.10 Å². The lowest BCUT2D eigenvalue weighted by molar-refractivity contribution is 0.460. The minimum Gasteiger partial charge on any atom is -0.436 e. The maximum atomic E-state index is 5.81. The van der Waals surface area contributed by atoms with Crippen molar-refractivity contribution in [2.24, 2.45) is 0 Å². The number of aromatic amines is 1. The number of nitrogens with zero attached hydrogens (tertiary/aromatic N) is 4. The third-order valence-electron chi connectivity index (χ3n) is 3.11. The molecule has 3 aromatic rings. The first-order chi connectivity index (χ1) is 9.69. The Morgan fingerprint density at radius 3 is 2.90 bits per heavy atom. The summed E-state index contributed by atoms with van der Waals surface area (Å²) in [6, 6.07) is 1.80. The molecule has 0 aromatic carbocycles. The summed E-state index contributed by atoms with van der Waals surface area (Å²) in [7, 11) is 1.78. The summed E-state index contributed by atoms with van der Waals surface area (Å²) in [5.41, 5.74) is 3.07. The molecule has 0 bridgehead atoms. The quantitative estimate of drug-likeness (QED) is 0.758. The van der Waals surface area contributed by atoms with E-state index in [0.29, 0.717) is 28.6 Å². The van der Waals surface area contributed by atoms with Crippen molar-refractivity contribution in [1.82, 2.24) is 25.1 Å². The molecule has 0 saturated carbocycles. The van der Waals surface area contributed by atoms with Gasteiger partial charge in [0.25, 0.3) is 5.88 Å². The molecule has 0 atom stereocenters. The Hall–Kier alpha value is -2.70. The number of hydrogen-bond acceptors (Lipinski definition) is 6. The first kappa shape index (κ1) is 12.3. The molecule has 0 aliphatic heterocycles. The molecule has 2 N–H and O–H groups in total. The van der Waals surface area contributed by atoms with Crippen molar-refractivity contribution in [3.63, 3.8) is 0 Å². The topological polar surface area (TPSA) is 88.6 Å². The monoisotopic (exact) mass is 270 g/mol. The van der Waals surface area contributed by atoms with Gasteiger partial charge >= 0.3 is 0 Å². The highest BCUT2D eigenvalue weighted by Crippen LogP contribution is 2.28. The molecule has 3 heterocycles. The molecule has 0 unspecified atom stereocenters. The fourth-order valence-electron chi connectivity index (χ4n) is 1.80. The van der Waals surface area contributed by atoms with E-state index < -0.39 is 0 Å². The summed E-state index contributed by atoms with van der Waals surface area (Å²) < 4.78 is 5.81. The van der Waals surface area contributed by atoms with Crippen LogP contribution >= 0.6 is 0 Å². The van der Waals surface area contributed by atoms with Crippen LogP contribution in [0.25, 0.3) is 11.2 Å². The van der Waals surface area contributed by atoms with Gasteiger partial charge in [-0.3, -0.25) is 10.1 Å². The Labute approximate surface area is 115 Å². The van der Waals surface area contributed by atoms with Crippen molar-refractivity contribution >= 4 is 17.0 Å². The zero-order chi connectivity index (χ0) is 14.1. The molecule has 0 fully saturated rings. The van der Waals surface area contributed by atoms with Crippen molar-refractivity contribution in [1.29, 1.82) is 0 Å². The highest BCUT2D eigenvalue weighted by Gasteiger charge is 2.13. The molecular formula is C13H14N6O. The van der Waals surface area contributed by atoms with Gasteiger partial charge in [-0.1, -0.05) is 0 Å². The van der Waals surface area contributed by atoms with Gasteiger partial charge in [0.05, 0.1) is 6.20 Å². The van der Waals surface area contributed by atoms with Crippen molar-refractivity contribution < 1.29 is 4.74 Å². The normalized spacial score (nSPS) is 10.8. The molecule has 0 saturated heterocycles. The highest BCUT2D eigenvalue weighted by atomic mass is 16.5. The third-order valence-corrected chi connectivity index (χ3v) is 3.11. The van der Waals surface area contributed by atoms with E-state index in [0.717, 1.165) is 11.3 Å². The summed E-state index contributed by atoms with van der Waals surface area (Å²) >= 11 is 0. The first-order valence-electron chi connectivity index (χ1n) is 6.18. The average molecular weight is 270 g/mol. The lowest BCUT2D eigenvalue weighted by Gasteiger charge is -2.07. The Bertz CT molecular complexity index is 767. The van der Waals surface area contributed by atoms with Crippen molar-refractivity contribution in [2.45, 2.75) is 13.8 Å². The molecule has 0 spiro atoms. The second-order valence-corrected chi connectivity index (χ2v) is 4.35. The lowest BCUT2D eigenvalue weighted by Crippen LogP contribution is -1.95. The Morgan fingerprint density at radius 1 is 1.25 bits per heavy atom. The number of fused-ring (bicyclic) bond motifs is 1. The predicted octanol–water partition coefficient (Wildman–Crippen LogP) is 2.20. The fraction of sp³-hybridized carbons (Fsp3) is 0.231. The van der Waals surface area contributed by atoms with Crippen LogP contribution in [0.5, 0.6) is 11.6 Å². The Morgan fingerprint density at radius 2 is 2.10 bits per heavy atom. The van der Waals surface area contributed by atoms with Gasteiger partial charge in [0.1, 0.15) is 11.6 Å². The van der Waals surface area contributed by atoms with Gasteiger partial charge in [-0.25, -0.2) is 9.97 Å². The fourth-order valence-corrected chi connectivity index (χ4v) is 1.80. The second-order valence-electron chi connectivity index (χ2n) is 4.35. The minimum atomic E-state index is 0.406. The number of H-pyrrole nitrogens is 1. The van der Waals surface area contributed by atoms with E-state index in [2.05, 4.69) is 30.5 Å². The van der Waals surface area contributed by atoms with E-state index >= 15 is 0 Å². The minimum absolute atomic E-state index is 0.406. The summed E-state index contributed by atoms with van der Waals surface area (Å²) in [6.45, 7) is 3.89. The zero-order valence-electron chi connectivity index (χ0n) is 11.4. The zero-order valence-corrected chi connectivity index (χ0v) is 11.4. The van der Waals surface area contributed by atoms with Crippen molar-refractivity contribution in [3.05, 3.63) is 29.7 Å². The van der Waals surface area contributed by atoms with Gasteiger partial charge in [0, 0.05) is 24.5 Å². The Balaban J connectivity index is 2.01. The summed E-state index contributed by atoms with van der Waals surface area (Å²) in [5.74, 6) is 1.79. The van der Waals surface area contributed by atoms with Crippen LogP contribution in [-0.2, 0) is 0 Å². The molecule has 7 heteroatoms. The van der Waals surface area contributed by atoms with E-state index in [-0.39, 0.29) is 0 Å². The maximum Gasteiger partial charge on any atom is 0.266 e. The molecule has 0 aliphatic carbocycles. The predicted molar refractivity (Wildman–Crippen MR) is 75.0 cm³/mol. The van der Waals surface area contributed by atoms with Gasteiger partial charge in [-0.2, -0.15) is 0 Å². The van der Waals surface area contributed by atoms with Crippen LogP contribution in [0.15, 0.2) is 18.5 Å². The second kappa shape index (κ2) is 4.76. The SMILES string of the molecule is CNc1cnc2c(Oc3ccnc(C)c3C)n[nH]c2n1. The number of nitrogens with one attached hydrogen (secondary N) is 2. The third kappa shape index (κ3) is 2.03. The van der Waals surface area contributed by atoms with E-state index in [1.54, 1.807) is 25.5 Å². The van der Waals surface area contributed by atoms with E-state index in [9.17, 15) is 0 Å². The van der Waals surface area contributed by atoms with Gasteiger partial charge in [0.15, 0.2) is 11.2 Å². The number of aromatic nitrogens is 5. The molecule has 3 rings (SSSR count). The van der Waals surface area contributed by atoms with E-state index in [1.807, 2.05) is 13.8 Å². The molecule has 0 aliphatic rings. The van der Waals surface area contributed by atoms with Crippen LogP contribution < -0.4 is 10.1 Å². The number of pyridine rings is 1. The van der Waals surface area contributed by atoms with Crippen molar-refractivity contribution in [3.8, 4) is 11.6 Å². The number of hydrogen-bond donors (Lipinski definition) is 2. The van der Waals surface area contributed by atoms with Crippen molar-refractivity contribution in [2.75, 3.05) is 12.4 Å². The number of anilines is 1. The number of aryl methyl sites for hydroxylation is 1. The molecular weight excluding hydrogens is 256 g/mol. The maximum absolute atomic E-state index is 5.81. The van der Waals surface area contributed by atoms with Crippen LogP contribution in [0.2, 0.25) is 0 Å². The lowest BCUT2D eigenvalue weighted by atomic mass is 10.2. The molecule has 102 valence electrons. The molecule has 0 radical (unpaired) electrons. The highest BCUT2D eigenvalue weighted by molar-refractivity contribution is 5.77. The summed E-state index contributed by atoms with van der Waals surface area (Å²) in [5, 5.41) is 9.85. The van der Waals surface area contributed by atoms with Crippen LogP contribution in [0.4, 0.5) is 5.82 Å². The standard InChI is InChI=1S/C13H14N6O/c1-7-8(2)15-5-4-9(7)20-13-11-12(18-19-13)17-10(14-3)6-16-11/h4-6H,1-3H3,(H2,14,17,18,19). The number of rotatable bonds is 3. The average Bonchev–Trinajstić information content (AvgIpc) is 2.86. The molecule has 0 amide bonds. The first-order valence-corrected chi connectivity index (χ1v) is 6.18. The van der Waals surface area contributed by atoms with Crippen LogP contribution in [0.3, 0.4) is 0 Å². The van der Waals surface area contributed by atoms with Crippen LogP contribution in [0.1, 0.15) is 11.3 Å². The molecule has 20 heavy (non-hydrogen) atoms. The Kier molecular flexibility index (Phi) is 2.94. The number of ether oxygens (including phenoxy) is 1. The summed E-state index contributed by atoms with van der Waals surface area (Å²) in [6.07, 6.45) is 3.34. The van der Waals surface area contributed by atoms with E-state index in [1.165, 1.54) is 0 Å². The smallest absolute Gasteiger partial charge is 0.266 e. The molecule has 3 aromatic heterocycles. The molecule has 7 nitrogen and oxygen atoms in total. The summed E-state index contributed by atoms with van der Waals surface area (Å²) in [4.78, 5) is 12.8. The van der Waals surface area contributed by atoms with E-state index in [4.69, 9.17) is 4.74 Å². The largest absolute Gasteiger partial charge is 0.436 e.